The Hall–Kier alpha value is -1.22. The lowest BCUT2D eigenvalue weighted by Crippen LogP contribution is -2.37. The minimum Gasteiger partial charge on any atom is -0.496 e. The number of methoxy groups -OCH3 is 2. The zero-order chi connectivity index (χ0) is 16.4. The van der Waals surface area contributed by atoms with Gasteiger partial charge in [0.1, 0.15) is 11.5 Å². The molecule has 0 bridgehead atoms. The number of benzene rings is 1. The van der Waals surface area contributed by atoms with Crippen molar-refractivity contribution >= 4 is 0 Å². The fourth-order valence-corrected chi connectivity index (χ4v) is 3.71. The van der Waals surface area contributed by atoms with E-state index >= 15 is 0 Å². The van der Waals surface area contributed by atoms with Crippen molar-refractivity contribution in [2.24, 2.45) is 5.73 Å². The van der Waals surface area contributed by atoms with Gasteiger partial charge in [-0.25, -0.2) is 0 Å². The number of hydrogen-bond acceptors (Lipinski definition) is 3. The molecule has 0 aliphatic heterocycles. The van der Waals surface area contributed by atoms with Crippen LogP contribution in [-0.2, 0) is 10.8 Å². The second-order valence-corrected chi connectivity index (χ2v) is 7.55. The maximum Gasteiger partial charge on any atom is 0.123 e. The molecule has 22 heavy (non-hydrogen) atoms. The Balaban J connectivity index is 2.60. The van der Waals surface area contributed by atoms with Crippen LogP contribution in [0.15, 0.2) is 12.1 Å². The van der Waals surface area contributed by atoms with Gasteiger partial charge < -0.3 is 15.2 Å². The second kappa shape index (κ2) is 6.49. The Kier molecular flexibility index (Phi) is 5.06. The largest absolute Gasteiger partial charge is 0.496 e. The predicted octanol–water partition coefficient (Wildman–Crippen LogP) is 4.16. The number of hydrogen-bond donors (Lipinski definition) is 1. The zero-order valence-electron chi connectivity index (χ0n) is 14.8. The monoisotopic (exact) mass is 305 g/mol. The highest BCUT2D eigenvalue weighted by Crippen LogP contribution is 2.46. The second-order valence-electron chi connectivity index (χ2n) is 7.55. The summed E-state index contributed by atoms with van der Waals surface area (Å²) in [6.07, 6.45) is 6.06. The van der Waals surface area contributed by atoms with Crippen molar-refractivity contribution in [3.63, 3.8) is 0 Å². The van der Waals surface area contributed by atoms with Crippen LogP contribution in [0.25, 0.3) is 0 Å². The van der Waals surface area contributed by atoms with Crippen molar-refractivity contribution in [2.45, 2.75) is 63.7 Å². The molecule has 1 fully saturated rings. The Morgan fingerprint density at radius 2 is 1.59 bits per heavy atom. The minimum atomic E-state index is 0.0135. The lowest BCUT2D eigenvalue weighted by atomic mass is 9.68. The number of nitrogens with two attached hydrogens (primary N) is 1. The summed E-state index contributed by atoms with van der Waals surface area (Å²) >= 11 is 0. The smallest absolute Gasteiger partial charge is 0.123 e. The number of ether oxygens (including phenoxy) is 2. The molecule has 3 nitrogen and oxygen atoms in total. The van der Waals surface area contributed by atoms with Crippen molar-refractivity contribution in [1.29, 1.82) is 0 Å². The van der Waals surface area contributed by atoms with Gasteiger partial charge in [-0.3, -0.25) is 0 Å². The molecule has 1 aliphatic rings. The van der Waals surface area contributed by atoms with Crippen LogP contribution in [0.5, 0.6) is 11.5 Å². The molecule has 1 aromatic carbocycles. The van der Waals surface area contributed by atoms with E-state index in [2.05, 4.69) is 32.9 Å². The molecule has 0 saturated heterocycles. The highest BCUT2D eigenvalue weighted by Gasteiger charge is 2.36. The zero-order valence-corrected chi connectivity index (χ0v) is 14.8. The lowest BCUT2D eigenvalue weighted by molar-refractivity contribution is 0.285. The van der Waals surface area contributed by atoms with Gasteiger partial charge in [-0.1, -0.05) is 40.0 Å². The van der Waals surface area contributed by atoms with Gasteiger partial charge in [0.05, 0.1) is 14.2 Å². The summed E-state index contributed by atoms with van der Waals surface area (Å²) in [6.45, 7) is 7.26. The summed E-state index contributed by atoms with van der Waals surface area (Å²) in [5, 5.41) is 0. The summed E-state index contributed by atoms with van der Waals surface area (Å²) in [5.74, 6) is 1.90. The summed E-state index contributed by atoms with van der Waals surface area (Å²) in [7, 11) is 3.50. The molecule has 2 rings (SSSR count). The van der Waals surface area contributed by atoms with E-state index in [-0.39, 0.29) is 10.8 Å². The van der Waals surface area contributed by atoms with Crippen molar-refractivity contribution in [3.8, 4) is 11.5 Å². The van der Waals surface area contributed by atoms with Gasteiger partial charge in [-0.05, 0) is 30.4 Å². The van der Waals surface area contributed by atoms with E-state index in [0.29, 0.717) is 6.54 Å². The average Bonchev–Trinajstić information content (AvgIpc) is 2.53. The third-order valence-corrected chi connectivity index (χ3v) is 5.10. The van der Waals surface area contributed by atoms with Crippen molar-refractivity contribution in [2.75, 3.05) is 20.8 Å². The third-order valence-electron chi connectivity index (χ3n) is 5.10. The van der Waals surface area contributed by atoms with Gasteiger partial charge in [0.2, 0.25) is 0 Å². The van der Waals surface area contributed by atoms with E-state index in [1.165, 1.54) is 30.4 Å². The molecular weight excluding hydrogens is 274 g/mol. The Morgan fingerprint density at radius 3 is 2.05 bits per heavy atom. The lowest BCUT2D eigenvalue weighted by Gasteiger charge is -2.38. The van der Waals surface area contributed by atoms with Crippen LogP contribution < -0.4 is 15.2 Å². The summed E-state index contributed by atoms with van der Waals surface area (Å²) in [4.78, 5) is 0. The average molecular weight is 305 g/mol. The molecule has 2 N–H and O–H groups in total. The minimum absolute atomic E-state index is 0.0135. The standard InChI is InChI=1S/C19H31NO2/c1-18(2,3)14-11-17(22-5)15(12-16(14)21-4)19(13-20)9-7-6-8-10-19/h11-12H,6-10,13,20H2,1-5H3. The maximum absolute atomic E-state index is 6.21. The van der Waals surface area contributed by atoms with Crippen LogP contribution in [0.1, 0.15) is 64.0 Å². The quantitative estimate of drug-likeness (QED) is 0.908. The van der Waals surface area contributed by atoms with E-state index in [0.717, 1.165) is 24.3 Å². The normalized spacial score (nSPS) is 18.1. The first-order valence-corrected chi connectivity index (χ1v) is 8.35. The first-order chi connectivity index (χ1) is 10.4. The highest BCUT2D eigenvalue weighted by atomic mass is 16.5. The molecule has 1 saturated carbocycles. The van der Waals surface area contributed by atoms with E-state index < -0.39 is 0 Å². The molecule has 0 unspecified atom stereocenters. The van der Waals surface area contributed by atoms with Crippen LogP contribution in [0.2, 0.25) is 0 Å². The molecule has 1 aromatic rings. The summed E-state index contributed by atoms with van der Waals surface area (Å²) < 4.78 is 11.4. The molecule has 124 valence electrons. The van der Waals surface area contributed by atoms with Crippen LogP contribution in [-0.4, -0.2) is 20.8 Å². The van der Waals surface area contributed by atoms with Crippen LogP contribution >= 0.6 is 0 Å². The van der Waals surface area contributed by atoms with Gasteiger partial charge in [0, 0.05) is 23.1 Å². The molecule has 1 aliphatic carbocycles. The van der Waals surface area contributed by atoms with E-state index in [4.69, 9.17) is 15.2 Å². The molecular formula is C19H31NO2. The summed E-state index contributed by atoms with van der Waals surface area (Å²) in [6, 6.07) is 4.33. The van der Waals surface area contributed by atoms with Crippen molar-refractivity contribution < 1.29 is 9.47 Å². The molecule has 0 radical (unpaired) electrons. The van der Waals surface area contributed by atoms with E-state index in [1.54, 1.807) is 14.2 Å². The van der Waals surface area contributed by atoms with E-state index in [9.17, 15) is 0 Å². The number of rotatable bonds is 4. The van der Waals surface area contributed by atoms with Gasteiger partial charge in [-0.2, -0.15) is 0 Å². The SMILES string of the molecule is COc1cc(C2(CN)CCCCC2)c(OC)cc1C(C)(C)C. The highest BCUT2D eigenvalue weighted by molar-refractivity contribution is 5.52. The first-order valence-electron chi connectivity index (χ1n) is 8.35. The van der Waals surface area contributed by atoms with Crippen molar-refractivity contribution in [1.82, 2.24) is 0 Å². The van der Waals surface area contributed by atoms with Crippen LogP contribution in [0, 0.1) is 0 Å². The Bertz CT molecular complexity index is 511. The van der Waals surface area contributed by atoms with Gasteiger partial charge in [0.15, 0.2) is 0 Å². The Labute approximate surface area is 135 Å². The maximum atomic E-state index is 6.21. The fourth-order valence-electron chi connectivity index (χ4n) is 3.71. The van der Waals surface area contributed by atoms with Crippen molar-refractivity contribution in [3.05, 3.63) is 23.3 Å². The van der Waals surface area contributed by atoms with Crippen LogP contribution in [0.4, 0.5) is 0 Å². The third kappa shape index (κ3) is 3.10. The molecule has 0 atom stereocenters. The Morgan fingerprint density at radius 1 is 1.00 bits per heavy atom. The van der Waals surface area contributed by atoms with Gasteiger partial charge >= 0.3 is 0 Å². The van der Waals surface area contributed by atoms with Gasteiger partial charge in [0.25, 0.3) is 0 Å². The van der Waals surface area contributed by atoms with Gasteiger partial charge in [-0.15, -0.1) is 0 Å². The summed E-state index contributed by atoms with van der Waals surface area (Å²) in [5.41, 5.74) is 8.66. The fraction of sp³-hybridized carbons (Fsp3) is 0.684. The van der Waals surface area contributed by atoms with E-state index in [1.807, 2.05) is 0 Å². The topological polar surface area (TPSA) is 44.5 Å². The molecule has 0 heterocycles. The van der Waals surface area contributed by atoms with Crippen LogP contribution in [0.3, 0.4) is 0 Å². The first kappa shape index (κ1) is 17.1. The molecule has 0 spiro atoms. The molecule has 0 aromatic heterocycles. The predicted molar refractivity (Wildman–Crippen MR) is 92.1 cm³/mol. The molecule has 3 heteroatoms. The molecule has 0 amide bonds.